The molecule has 1 N–H and O–H groups in total. The van der Waals surface area contributed by atoms with Crippen LogP contribution >= 0.6 is 0 Å². The topological polar surface area (TPSA) is 79.0 Å². The van der Waals surface area contributed by atoms with Crippen LogP contribution in [0.3, 0.4) is 0 Å². The number of piperidine rings is 1. The average Bonchev–Trinajstić information content (AvgIpc) is 2.84. The van der Waals surface area contributed by atoms with Crippen molar-refractivity contribution in [3.05, 3.63) is 60.2 Å². The molecule has 1 fully saturated rings. The fraction of sp³-hybridized carbons (Fsp3) is 0.423. The van der Waals surface area contributed by atoms with Gasteiger partial charge < -0.3 is 19.9 Å². The van der Waals surface area contributed by atoms with Crippen molar-refractivity contribution in [3.63, 3.8) is 0 Å². The lowest BCUT2D eigenvalue weighted by atomic mass is 9.95. The molecule has 0 saturated carbocycles. The van der Waals surface area contributed by atoms with Gasteiger partial charge in [0.05, 0.1) is 19.6 Å². The standard InChI is InChI=1S/C26H33N3O4/c1-3-20-9-7-8-12-23(20)27-24(30)19-28(2)26(32)21-13-16-29(17-14-21)25(31)15-18-33-22-10-5-4-6-11-22/h4-12,21H,3,13-19H2,1-2H3,(H,27,30). The number of nitrogens with one attached hydrogen (secondary N) is 1. The van der Waals surface area contributed by atoms with Gasteiger partial charge in [0.2, 0.25) is 17.7 Å². The number of hydrogen-bond donors (Lipinski definition) is 1. The second-order valence-corrected chi connectivity index (χ2v) is 8.32. The molecule has 2 aromatic rings. The fourth-order valence-corrected chi connectivity index (χ4v) is 4.05. The molecular formula is C26H33N3O4. The first-order valence-corrected chi connectivity index (χ1v) is 11.6. The molecule has 0 atom stereocenters. The van der Waals surface area contributed by atoms with Crippen LogP contribution in [0.25, 0.3) is 0 Å². The van der Waals surface area contributed by atoms with Crippen LogP contribution in [0.4, 0.5) is 5.69 Å². The highest BCUT2D eigenvalue weighted by atomic mass is 16.5. The third-order valence-corrected chi connectivity index (χ3v) is 5.95. The van der Waals surface area contributed by atoms with Crippen molar-refractivity contribution in [1.82, 2.24) is 9.80 Å². The van der Waals surface area contributed by atoms with Gasteiger partial charge in [-0.2, -0.15) is 0 Å². The molecule has 0 aliphatic carbocycles. The van der Waals surface area contributed by atoms with Gasteiger partial charge in [0.25, 0.3) is 0 Å². The van der Waals surface area contributed by atoms with E-state index in [0.717, 1.165) is 23.4 Å². The van der Waals surface area contributed by atoms with Gasteiger partial charge in [0.1, 0.15) is 5.75 Å². The molecule has 2 aromatic carbocycles. The third-order valence-electron chi connectivity index (χ3n) is 5.95. The molecule has 0 radical (unpaired) electrons. The minimum atomic E-state index is -0.210. The van der Waals surface area contributed by atoms with E-state index in [1.165, 1.54) is 4.90 Å². The number of hydrogen-bond acceptors (Lipinski definition) is 4. The Morgan fingerprint density at radius 1 is 1.03 bits per heavy atom. The smallest absolute Gasteiger partial charge is 0.243 e. The van der Waals surface area contributed by atoms with Crippen molar-refractivity contribution >= 4 is 23.4 Å². The summed E-state index contributed by atoms with van der Waals surface area (Å²) < 4.78 is 5.61. The van der Waals surface area contributed by atoms with Crippen LogP contribution < -0.4 is 10.1 Å². The molecule has 0 unspecified atom stereocenters. The Balaban J connectivity index is 1.39. The average molecular weight is 452 g/mol. The number of anilines is 1. The number of likely N-dealkylation sites (N-methyl/N-ethyl adjacent to an activating group) is 1. The van der Waals surface area contributed by atoms with Gasteiger partial charge in [-0.15, -0.1) is 0 Å². The molecule has 0 bridgehead atoms. The molecule has 33 heavy (non-hydrogen) atoms. The summed E-state index contributed by atoms with van der Waals surface area (Å²) in [6.45, 7) is 3.47. The molecule has 1 aliphatic heterocycles. The Hall–Kier alpha value is -3.35. The second kappa shape index (κ2) is 12.0. The largest absolute Gasteiger partial charge is 0.493 e. The number of ether oxygens (including phenoxy) is 1. The third kappa shape index (κ3) is 7.07. The van der Waals surface area contributed by atoms with E-state index in [0.29, 0.717) is 39.0 Å². The summed E-state index contributed by atoms with van der Waals surface area (Å²) in [5, 5.41) is 2.91. The molecular weight excluding hydrogens is 418 g/mol. The first-order valence-electron chi connectivity index (χ1n) is 11.6. The molecule has 1 aliphatic rings. The quantitative estimate of drug-likeness (QED) is 0.634. The zero-order chi connectivity index (χ0) is 23.6. The number of rotatable bonds is 9. The van der Waals surface area contributed by atoms with Crippen LogP contribution in [-0.2, 0) is 20.8 Å². The Kier molecular flexibility index (Phi) is 8.87. The molecule has 7 heteroatoms. The Morgan fingerprint density at radius 2 is 1.70 bits per heavy atom. The highest BCUT2D eigenvalue weighted by molar-refractivity contribution is 5.95. The maximum absolute atomic E-state index is 12.8. The number of carbonyl (C=O) groups is 3. The van der Waals surface area contributed by atoms with Crippen molar-refractivity contribution in [1.29, 1.82) is 0 Å². The van der Waals surface area contributed by atoms with E-state index < -0.39 is 0 Å². The van der Waals surface area contributed by atoms with Gasteiger partial charge in [-0.05, 0) is 43.0 Å². The monoisotopic (exact) mass is 451 g/mol. The van der Waals surface area contributed by atoms with E-state index in [9.17, 15) is 14.4 Å². The molecule has 3 rings (SSSR count). The van der Waals surface area contributed by atoms with E-state index in [-0.39, 0.29) is 30.2 Å². The summed E-state index contributed by atoms with van der Waals surface area (Å²) >= 11 is 0. The summed E-state index contributed by atoms with van der Waals surface area (Å²) in [6.07, 6.45) is 2.34. The van der Waals surface area contributed by atoms with Gasteiger partial charge in [-0.25, -0.2) is 0 Å². The minimum Gasteiger partial charge on any atom is -0.493 e. The van der Waals surface area contributed by atoms with Crippen molar-refractivity contribution in [2.75, 3.05) is 38.6 Å². The van der Waals surface area contributed by atoms with Crippen LogP contribution in [0.1, 0.15) is 31.7 Å². The molecule has 7 nitrogen and oxygen atoms in total. The second-order valence-electron chi connectivity index (χ2n) is 8.32. The Labute approximate surface area is 195 Å². The van der Waals surface area contributed by atoms with Crippen molar-refractivity contribution in [2.45, 2.75) is 32.6 Å². The molecule has 1 saturated heterocycles. The van der Waals surface area contributed by atoms with E-state index in [1.54, 1.807) is 11.9 Å². The summed E-state index contributed by atoms with van der Waals surface area (Å²) in [6, 6.07) is 17.1. The van der Waals surface area contributed by atoms with Crippen molar-refractivity contribution in [3.8, 4) is 5.75 Å². The number of aryl methyl sites for hydroxylation is 1. The van der Waals surface area contributed by atoms with Gasteiger partial charge in [-0.1, -0.05) is 43.3 Å². The van der Waals surface area contributed by atoms with Crippen LogP contribution in [0.15, 0.2) is 54.6 Å². The summed E-state index contributed by atoms with van der Waals surface area (Å²) in [7, 11) is 1.66. The van der Waals surface area contributed by atoms with Gasteiger partial charge in [0, 0.05) is 31.7 Å². The SMILES string of the molecule is CCc1ccccc1NC(=O)CN(C)C(=O)C1CCN(C(=O)CCOc2ccccc2)CC1. The zero-order valence-electron chi connectivity index (χ0n) is 19.5. The van der Waals surface area contributed by atoms with Crippen LogP contribution in [0.5, 0.6) is 5.75 Å². The maximum atomic E-state index is 12.8. The van der Waals surface area contributed by atoms with Gasteiger partial charge in [0.15, 0.2) is 0 Å². The molecule has 0 spiro atoms. The Bertz CT molecular complexity index is 940. The van der Waals surface area contributed by atoms with Gasteiger partial charge >= 0.3 is 0 Å². The van der Waals surface area contributed by atoms with Crippen LogP contribution in [-0.4, -0.2) is 60.8 Å². The predicted octanol–water partition coefficient (Wildman–Crippen LogP) is 3.35. The summed E-state index contributed by atoms with van der Waals surface area (Å²) in [5.41, 5.74) is 1.85. The van der Waals surface area contributed by atoms with E-state index in [4.69, 9.17) is 4.74 Å². The summed E-state index contributed by atoms with van der Waals surface area (Å²) in [4.78, 5) is 41.0. The van der Waals surface area contributed by atoms with Crippen molar-refractivity contribution in [2.24, 2.45) is 5.92 Å². The minimum absolute atomic E-state index is 0.00680. The van der Waals surface area contributed by atoms with E-state index >= 15 is 0 Å². The number of amides is 3. The lowest BCUT2D eigenvalue weighted by Gasteiger charge is -2.33. The molecule has 0 aromatic heterocycles. The lowest BCUT2D eigenvalue weighted by molar-refractivity contribution is -0.141. The van der Waals surface area contributed by atoms with Gasteiger partial charge in [-0.3, -0.25) is 14.4 Å². The normalized spacial score (nSPS) is 13.9. The maximum Gasteiger partial charge on any atom is 0.243 e. The zero-order valence-corrected chi connectivity index (χ0v) is 19.5. The van der Waals surface area contributed by atoms with E-state index in [1.807, 2.05) is 61.5 Å². The number of likely N-dealkylation sites (tertiary alicyclic amines) is 1. The number of nitrogens with zero attached hydrogens (tertiary/aromatic N) is 2. The lowest BCUT2D eigenvalue weighted by Crippen LogP contribution is -2.45. The van der Waals surface area contributed by atoms with Crippen LogP contribution in [0.2, 0.25) is 0 Å². The Morgan fingerprint density at radius 3 is 2.39 bits per heavy atom. The fourth-order valence-electron chi connectivity index (χ4n) is 4.05. The molecule has 1 heterocycles. The highest BCUT2D eigenvalue weighted by Gasteiger charge is 2.29. The number of carbonyl (C=O) groups excluding carboxylic acids is 3. The number of para-hydroxylation sites is 2. The number of benzene rings is 2. The predicted molar refractivity (Wildman–Crippen MR) is 128 cm³/mol. The molecule has 3 amide bonds. The summed E-state index contributed by atoms with van der Waals surface area (Å²) in [5.74, 6) is 0.362. The first kappa shape index (κ1) is 24.3. The molecule has 176 valence electrons. The van der Waals surface area contributed by atoms with E-state index in [2.05, 4.69) is 5.32 Å². The first-order chi connectivity index (χ1) is 16.0. The van der Waals surface area contributed by atoms with Crippen molar-refractivity contribution < 1.29 is 19.1 Å². The highest BCUT2D eigenvalue weighted by Crippen LogP contribution is 2.21. The van der Waals surface area contributed by atoms with Crippen LogP contribution in [0, 0.1) is 5.92 Å².